The SMILES string of the molecule is CCNC1CCCc2sc(-c3cccc(Cl)c3Cl)nc21. The summed E-state index contributed by atoms with van der Waals surface area (Å²) in [5.74, 6) is 0. The molecule has 5 heteroatoms. The van der Waals surface area contributed by atoms with Crippen LogP contribution in [-0.2, 0) is 6.42 Å². The third-order valence-electron chi connectivity index (χ3n) is 3.59. The first kappa shape index (κ1) is 14.3. The third kappa shape index (κ3) is 2.60. The third-order valence-corrected chi connectivity index (χ3v) is 5.57. The van der Waals surface area contributed by atoms with Gasteiger partial charge >= 0.3 is 0 Å². The van der Waals surface area contributed by atoms with E-state index in [2.05, 4.69) is 12.2 Å². The molecule has 2 aromatic rings. The van der Waals surface area contributed by atoms with Gasteiger partial charge in [-0.1, -0.05) is 42.3 Å². The predicted octanol–water partition coefficient (Wildman–Crippen LogP) is 5.10. The van der Waals surface area contributed by atoms with Crippen molar-refractivity contribution in [1.82, 2.24) is 10.3 Å². The molecule has 1 heterocycles. The van der Waals surface area contributed by atoms with Crippen molar-refractivity contribution < 1.29 is 0 Å². The summed E-state index contributed by atoms with van der Waals surface area (Å²) in [7, 11) is 0. The van der Waals surface area contributed by atoms with Crippen LogP contribution in [0.3, 0.4) is 0 Å². The van der Waals surface area contributed by atoms with Crippen LogP contribution in [0.25, 0.3) is 10.6 Å². The Hall–Kier alpha value is -0.610. The number of nitrogens with zero attached hydrogens (tertiary/aromatic N) is 1. The maximum Gasteiger partial charge on any atom is 0.125 e. The van der Waals surface area contributed by atoms with Crippen LogP contribution in [0, 0.1) is 0 Å². The summed E-state index contributed by atoms with van der Waals surface area (Å²) >= 11 is 14.2. The normalized spacial score (nSPS) is 18.1. The second-order valence-electron chi connectivity index (χ2n) is 4.93. The lowest BCUT2D eigenvalue weighted by Crippen LogP contribution is -2.24. The molecule has 0 saturated heterocycles. The van der Waals surface area contributed by atoms with Gasteiger partial charge in [0.05, 0.1) is 21.8 Å². The van der Waals surface area contributed by atoms with Crippen molar-refractivity contribution in [3.63, 3.8) is 0 Å². The van der Waals surface area contributed by atoms with E-state index in [1.165, 1.54) is 17.0 Å². The largest absolute Gasteiger partial charge is 0.309 e. The molecule has 1 aliphatic carbocycles. The smallest absolute Gasteiger partial charge is 0.125 e. The molecule has 0 amide bonds. The number of aryl methyl sites for hydroxylation is 1. The molecule has 1 unspecified atom stereocenters. The number of benzene rings is 1. The van der Waals surface area contributed by atoms with E-state index < -0.39 is 0 Å². The van der Waals surface area contributed by atoms with E-state index in [-0.39, 0.29) is 0 Å². The maximum absolute atomic E-state index is 6.31. The second kappa shape index (κ2) is 6.02. The van der Waals surface area contributed by atoms with Gasteiger partial charge in [-0.2, -0.15) is 0 Å². The topological polar surface area (TPSA) is 24.9 Å². The zero-order valence-corrected chi connectivity index (χ0v) is 13.6. The molecule has 1 atom stereocenters. The van der Waals surface area contributed by atoms with Crippen molar-refractivity contribution in [3.8, 4) is 10.6 Å². The van der Waals surface area contributed by atoms with Gasteiger partial charge in [0.15, 0.2) is 0 Å². The molecule has 0 spiro atoms. The molecular formula is C15H16Cl2N2S. The summed E-state index contributed by atoms with van der Waals surface area (Å²) in [5.41, 5.74) is 2.14. The number of hydrogen-bond acceptors (Lipinski definition) is 3. The minimum absolute atomic E-state index is 0.381. The minimum atomic E-state index is 0.381. The first-order chi connectivity index (χ1) is 9.70. The molecule has 3 rings (SSSR count). The van der Waals surface area contributed by atoms with Gasteiger partial charge in [-0.15, -0.1) is 11.3 Å². The Labute approximate surface area is 133 Å². The highest BCUT2D eigenvalue weighted by Crippen LogP contribution is 2.40. The number of thiazole rings is 1. The molecular weight excluding hydrogens is 311 g/mol. The number of aromatic nitrogens is 1. The van der Waals surface area contributed by atoms with Crippen LogP contribution in [0.4, 0.5) is 0 Å². The molecule has 0 aliphatic heterocycles. The van der Waals surface area contributed by atoms with Gasteiger partial charge in [0.25, 0.3) is 0 Å². The Morgan fingerprint density at radius 2 is 2.25 bits per heavy atom. The summed E-state index contributed by atoms with van der Waals surface area (Å²) < 4.78 is 0. The molecule has 0 saturated carbocycles. The van der Waals surface area contributed by atoms with E-state index in [0.29, 0.717) is 16.1 Å². The minimum Gasteiger partial charge on any atom is -0.309 e. The molecule has 2 nitrogen and oxygen atoms in total. The first-order valence-electron chi connectivity index (χ1n) is 6.88. The van der Waals surface area contributed by atoms with E-state index in [9.17, 15) is 0 Å². The van der Waals surface area contributed by atoms with Crippen LogP contribution in [0.5, 0.6) is 0 Å². The summed E-state index contributed by atoms with van der Waals surface area (Å²) in [5, 5.41) is 5.68. The van der Waals surface area contributed by atoms with Gasteiger partial charge in [-0.3, -0.25) is 0 Å². The van der Waals surface area contributed by atoms with Crippen LogP contribution in [-0.4, -0.2) is 11.5 Å². The lowest BCUT2D eigenvalue weighted by Gasteiger charge is -2.21. The number of rotatable bonds is 3. The molecule has 0 bridgehead atoms. The van der Waals surface area contributed by atoms with Gasteiger partial charge < -0.3 is 5.32 Å². The Morgan fingerprint density at radius 1 is 1.40 bits per heavy atom. The van der Waals surface area contributed by atoms with Crippen molar-refractivity contribution in [2.45, 2.75) is 32.2 Å². The first-order valence-corrected chi connectivity index (χ1v) is 8.45. The predicted molar refractivity (Wildman–Crippen MR) is 86.9 cm³/mol. The van der Waals surface area contributed by atoms with E-state index in [4.69, 9.17) is 28.2 Å². The van der Waals surface area contributed by atoms with Crippen LogP contribution < -0.4 is 5.32 Å². The fourth-order valence-corrected chi connectivity index (χ4v) is 4.29. The van der Waals surface area contributed by atoms with Crippen LogP contribution in [0.15, 0.2) is 18.2 Å². The number of hydrogen-bond donors (Lipinski definition) is 1. The lowest BCUT2D eigenvalue weighted by atomic mass is 9.98. The van der Waals surface area contributed by atoms with E-state index in [1.807, 2.05) is 18.2 Å². The highest BCUT2D eigenvalue weighted by Gasteiger charge is 2.25. The van der Waals surface area contributed by atoms with Gasteiger partial charge in [0.1, 0.15) is 5.01 Å². The molecule has 1 aliphatic rings. The Kier molecular flexibility index (Phi) is 4.32. The summed E-state index contributed by atoms with van der Waals surface area (Å²) in [6, 6.07) is 6.10. The Balaban J connectivity index is 2.02. The highest BCUT2D eigenvalue weighted by molar-refractivity contribution is 7.15. The molecule has 1 aromatic carbocycles. The van der Waals surface area contributed by atoms with E-state index in [1.54, 1.807) is 11.3 Å². The number of fused-ring (bicyclic) bond motifs is 1. The van der Waals surface area contributed by atoms with Crippen LogP contribution in [0.1, 0.15) is 36.4 Å². The van der Waals surface area contributed by atoms with E-state index in [0.717, 1.165) is 30.0 Å². The average molecular weight is 327 g/mol. The maximum atomic E-state index is 6.31. The average Bonchev–Trinajstić information content (AvgIpc) is 2.87. The molecule has 20 heavy (non-hydrogen) atoms. The summed E-state index contributed by atoms with van der Waals surface area (Å²) in [4.78, 5) is 6.22. The van der Waals surface area contributed by atoms with Gasteiger partial charge in [-0.05, 0) is 31.9 Å². The van der Waals surface area contributed by atoms with Crippen molar-refractivity contribution in [1.29, 1.82) is 0 Å². The Morgan fingerprint density at radius 3 is 3.05 bits per heavy atom. The molecule has 0 radical (unpaired) electrons. The second-order valence-corrected chi connectivity index (χ2v) is 6.80. The molecule has 106 valence electrons. The fraction of sp³-hybridized carbons (Fsp3) is 0.400. The standard InChI is InChI=1S/C15H16Cl2N2S/c1-2-18-11-7-4-8-12-14(11)19-15(20-12)9-5-3-6-10(16)13(9)17/h3,5-6,11,18H,2,4,7-8H2,1H3. The van der Waals surface area contributed by atoms with Gasteiger partial charge in [0, 0.05) is 10.4 Å². The summed E-state index contributed by atoms with van der Waals surface area (Å²) in [6.07, 6.45) is 3.50. The Bertz CT molecular complexity index is 624. The van der Waals surface area contributed by atoms with E-state index >= 15 is 0 Å². The number of halogens is 2. The van der Waals surface area contributed by atoms with Crippen LogP contribution in [0.2, 0.25) is 10.0 Å². The lowest BCUT2D eigenvalue weighted by molar-refractivity contribution is 0.465. The van der Waals surface area contributed by atoms with Crippen molar-refractivity contribution in [2.75, 3.05) is 6.54 Å². The zero-order chi connectivity index (χ0) is 14.1. The van der Waals surface area contributed by atoms with Gasteiger partial charge in [0.2, 0.25) is 0 Å². The summed E-state index contributed by atoms with van der Waals surface area (Å²) in [6.45, 7) is 3.10. The van der Waals surface area contributed by atoms with Gasteiger partial charge in [-0.25, -0.2) is 4.98 Å². The molecule has 0 fully saturated rings. The molecule has 1 N–H and O–H groups in total. The monoisotopic (exact) mass is 326 g/mol. The highest BCUT2D eigenvalue weighted by atomic mass is 35.5. The van der Waals surface area contributed by atoms with Crippen molar-refractivity contribution in [3.05, 3.63) is 38.8 Å². The quantitative estimate of drug-likeness (QED) is 0.848. The fourth-order valence-electron chi connectivity index (χ4n) is 2.65. The van der Waals surface area contributed by atoms with Crippen molar-refractivity contribution >= 4 is 34.5 Å². The molecule has 1 aromatic heterocycles. The van der Waals surface area contributed by atoms with Crippen molar-refractivity contribution in [2.24, 2.45) is 0 Å². The zero-order valence-electron chi connectivity index (χ0n) is 11.2. The number of nitrogens with one attached hydrogen (secondary N) is 1. The van der Waals surface area contributed by atoms with Crippen LogP contribution >= 0.6 is 34.5 Å².